The molecule has 1 saturated carbocycles. The Morgan fingerprint density at radius 1 is 0.782 bits per heavy atom. The molecule has 1 heterocycles. The Bertz CT molecular complexity index is 1470. The van der Waals surface area contributed by atoms with Crippen molar-refractivity contribution < 1.29 is 47.8 Å². The Labute approximate surface area is 324 Å². The van der Waals surface area contributed by atoms with Crippen molar-refractivity contribution in [1.82, 2.24) is 26.2 Å². The summed E-state index contributed by atoms with van der Waals surface area (Å²) in [6.45, 7) is 12.2. The quantitative estimate of drug-likeness (QED) is 0.134. The number of nitrogens with one attached hydrogen (secondary N) is 4. The number of benzene rings is 1. The third-order valence-electron chi connectivity index (χ3n) is 9.34. The third-order valence-corrected chi connectivity index (χ3v) is 9.34. The third kappa shape index (κ3) is 15.5. The van der Waals surface area contributed by atoms with Gasteiger partial charge in [0.2, 0.25) is 23.6 Å². The summed E-state index contributed by atoms with van der Waals surface area (Å²) in [7, 11) is 0. The number of rotatable bonds is 17. The van der Waals surface area contributed by atoms with Crippen LogP contribution in [0.1, 0.15) is 118 Å². The minimum Gasteiger partial charge on any atom is -0.462 e. The summed E-state index contributed by atoms with van der Waals surface area (Å²) in [6, 6.07) is 3.76. The lowest BCUT2D eigenvalue weighted by molar-refractivity contribution is -0.151. The minimum absolute atomic E-state index is 0.00687. The monoisotopic (exact) mass is 771 g/mol. The van der Waals surface area contributed by atoms with E-state index < -0.39 is 77.5 Å². The van der Waals surface area contributed by atoms with Crippen molar-refractivity contribution in [2.75, 3.05) is 6.54 Å². The van der Waals surface area contributed by atoms with Crippen LogP contribution in [0.5, 0.6) is 0 Å². The van der Waals surface area contributed by atoms with E-state index in [9.17, 15) is 33.6 Å². The molecule has 15 heteroatoms. The number of carbonyl (C=O) groups excluding carboxylic acids is 7. The predicted octanol–water partition coefficient (Wildman–Crippen LogP) is 3.81. The van der Waals surface area contributed by atoms with Crippen LogP contribution in [0.15, 0.2) is 30.3 Å². The smallest absolute Gasteiger partial charge is 0.408 e. The maximum Gasteiger partial charge on any atom is 0.408 e. The molecule has 4 N–H and O–H groups in total. The number of ether oxygens (including phenoxy) is 3. The van der Waals surface area contributed by atoms with Crippen LogP contribution in [0.2, 0.25) is 0 Å². The summed E-state index contributed by atoms with van der Waals surface area (Å²) in [5, 5.41) is 10.5. The van der Waals surface area contributed by atoms with Gasteiger partial charge in [-0.2, -0.15) is 0 Å². The first-order valence-electron chi connectivity index (χ1n) is 19.5. The molecule has 5 amide bonds. The number of likely N-dealkylation sites (tertiary alicyclic amines) is 1. The Kier molecular flexibility index (Phi) is 17.4. The van der Waals surface area contributed by atoms with Crippen LogP contribution in [-0.2, 0) is 49.6 Å². The second-order valence-corrected chi connectivity index (χ2v) is 15.9. The van der Waals surface area contributed by atoms with Crippen LogP contribution in [-0.4, -0.2) is 95.0 Å². The molecule has 3 rings (SSSR count). The number of nitrogens with zero attached hydrogens (tertiary/aromatic N) is 1. The summed E-state index contributed by atoms with van der Waals surface area (Å²) in [6.07, 6.45) is 4.55. The van der Waals surface area contributed by atoms with Gasteiger partial charge in [0.1, 0.15) is 48.5 Å². The first-order valence-corrected chi connectivity index (χ1v) is 19.5. The van der Waals surface area contributed by atoms with Crippen LogP contribution in [0.25, 0.3) is 0 Å². The lowest BCUT2D eigenvalue weighted by Crippen LogP contribution is -2.58. The lowest BCUT2D eigenvalue weighted by atomic mass is 9.98. The number of amides is 5. The standard InChI is InChI=1S/C40H61N5O10/c1-25(2)23-31(44-39(52)55-40(5,6)7)37(50)45-22-14-19-32(45)36(49)41-26(3)34(47)43-30(20-21-33(46)54-29-17-12-9-13-18-29)35(48)42-27(4)38(51)53-24-28-15-10-8-11-16-28/h8,10-11,15-16,25-27,29-32H,9,12-14,17-24H2,1-7H3,(H,41,49)(H,42,48)(H,43,47)(H,44,52)/t26-,27-,30+,31-,32+/m1/s1. The number of hydrogen-bond acceptors (Lipinski definition) is 10. The van der Waals surface area contributed by atoms with Gasteiger partial charge in [-0.15, -0.1) is 0 Å². The highest BCUT2D eigenvalue weighted by Crippen LogP contribution is 2.22. The molecule has 1 saturated heterocycles. The van der Waals surface area contributed by atoms with Gasteiger partial charge in [-0.25, -0.2) is 9.59 Å². The van der Waals surface area contributed by atoms with E-state index in [1.54, 1.807) is 32.9 Å². The highest BCUT2D eigenvalue weighted by molar-refractivity contribution is 5.96. The Morgan fingerprint density at radius 3 is 2.09 bits per heavy atom. The van der Waals surface area contributed by atoms with Crippen LogP contribution in [0.3, 0.4) is 0 Å². The van der Waals surface area contributed by atoms with Crippen LogP contribution >= 0.6 is 0 Å². The zero-order valence-corrected chi connectivity index (χ0v) is 33.4. The maximum absolute atomic E-state index is 13.7. The van der Waals surface area contributed by atoms with E-state index in [1.165, 1.54) is 18.7 Å². The van der Waals surface area contributed by atoms with E-state index >= 15 is 0 Å². The summed E-state index contributed by atoms with van der Waals surface area (Å²) in [4.78, 5) is 93.7. The summed E-state index contributed by atoms with van der Waals surface area (Å²) in [5.74, 6) is -3.57. The van der Waals surface area contributed by atoms with E-state index in [4.69, 9.17) is 14.2 Å². The largest absolute Gasteiger partial charge is 0.462 e. The number of esters is 2. The Morgan fingerprint density at radius 2 is 1.45 bits per heavy atom. The molecule has 5 atom stereocenters. The number of hydrogen-bond donors (Lipinski definition) is 4. The van der Waals surface area contributed by atoms with E-state index in [0.29, 0.717) is 19.3 Å². The maximum atomic E-state index is 13.7. The number of alkyl carbamates (subject to hydrolysis) is 1. The summed E-state index contributed by atoms with van der Waals surface area (Å²) in [5.41, 5.74) is -0.00252. The fourth-order valence-corrected chi connectivity index (χ4v) is 6.50. The van der Waals surface area contributed by atoms with E-state index in [1.807, 2.05) is 32.0 Å². The second-order valence-electron chi connectivity index (χ2n) is 15.9. The van der Waals surface area contributed by atoms with Gasteiger partial charge in [-0.05, 0) is 97.5 Å². The molecule has 0 unspecified atom stereocenters. The molecule has 1 aromatic rings. The molecular weight excluding hydrogens is 710 g/mol. The van der Waals surface area contributed by atoms with Gasteiger partial charge in [-0.1, -0.05) is 50.6 Å². The molecule has 306 valence electrons. The average molecular weight is 772 g/mol. The van der Waals surface area contributed by atoms with E-state index in [-0.39, 0.29) is 38.0 Å². The molecule has 15 nitrogen and oxygen atoms in total. The van der Waals surface area contributed by atoms with Crippen molar-refractivity contribution in [3.05, 3.63) is 35.9 Å². The van der Waals surface area contributed by atoms with Gasteiger partial charge in [0.05, 0.1) is 0 Å². The van der Waals surface area contributed by atoms with Gasteiger partial charge < -0.3 is 40.4 Å². The molecule has 0 spiro atoms. The van der Waals surface area contributed by atoms with Gasteiger partial charge in [0.15, 0.2) is 0 Å². The van der Waals surface area contributed by atoms with Crippen LogP contribution in [0, 0.1) is 5.92 Å². The zero-order valence-electron chi connectivity index (χ0n) is 33.4. The van der Waals surface area contributed by atoms with Crippen molar-refractivity contribution in [2.24, 2.45) is 5.92 Å². The molecule has 55 heavy (non-hydrogen) atoms. The van der Waals surface area contributed by atoms with Gasteiger partial charge in [-0.3, -0.25) is 24.0 Å². The van der Waals surface area contributed by atoms with Gasteiger partial charge in [0, 0.05) is 13.0 Å². The fraction of sp³-hybridized carbons (Fsp3) is 0.675. The van der Waals surface area contributed by atoms with Crippen molar-refractivity contribution in [1.29, 1.82) is 0 Å². The van der Waals surface area contributed by atoms with Crippen molar-refractivity contribution >= 4 is 41.7 Å². The van der Waals surface area contributed by atoms with Crippen molar-refractivity contribution in [2.45, 2.75) is 161 Å². The highest BCUT2D eigenvalue weighted by atomic mass is 16.6. The Balaban J connectivity index is 1.65. The van der Waals surface area contributed by atoms with E-state index in [2.05, 4.69) is 21.3 Å². The zero-order chi connectivity index (χ0) is 40.7. The number of carbonyl (C=O) groups is 7. The minimum atomic E-state index is -1.25. The first-order chi connectivity index (χ1) is 25.9. The molecule has 2 fully saturated rings. The molecule has 1 aliphatic carbocycles. The van der Waals surface area contributed by atoms with Crippen LogP contribution in [0.4, 0.5) is 4.79 Å². The SMILES string of the molecule is CC(C)C[C@@H](NC(=O)OC(C)(C)C)C(=O)N1CCC[C@H]1C(=O)N[C@H](C)C(=O)N[C@@H](CCC(=O)OC1CCCCC1)C(=O)N[C@H](C)C(=O)OCc1ccccc1. The molecule has 1 aromatic carbocycles. The van der Waals surface area contributed by atoms with Gasteiger partial charge >= 0.3 is 18.0 Å². The summed E-state index contributed by atoms with van der Waals surface area (Å²) >= 11 is 0. The predicted molar refractivity (Wildman–Crippen MR) is 203 cm³/mol. The fourth-order valence-electron chi connectivity index (χ4n) is 6.50. The molecular formula is C40H61N5O10. The average Bonchev–Trinajstić information content (AvgIpc) is 3.62. The molecule has 1 aliphatic heterocycles. The molecule has 2 aliphatic rings. The van der Waals surface area contributed by atoms with Crippen LogP contribution < -0.4 is 21.3 Å². The lowest BCUT2D eigenvalue weighted by Gasteiger charge is -2.30. The molecule has 0 aromatic heterocycles. The van der Waals surface area contributed by atoms with E-state index in [0.717, 1.165) is 37.7 Å². The first kappa shape index (κ1) is 44.7. The molecule has 0 bridgehead atoms. The van der Waals surface area contributed by atoms with Crippen molar-refractivity contribution in [3.8, 4) is 0 Å². The highest BCUT2D eigenvalue weighted by Gasteiger charge is 2.39. The molecule has 0 radical (unpaired) electrons. The van der Waals surface area contributed by atoms with Crippen molar-refractivity contribution in [3.63, 3.8) is 0 Å². The Hall–Kier alpha value is -4.69. The normalized spacial score (nSPS) is 18.3. The summed E-state index contributed by atoms with van der Waals surface area (Å²) < 4.78 is 16.3. The second kappa shape index (κ2) is 21.4. The van der Waals surface area contributed by atoms with Gasteiger partial charge in [0.25, 0.3) is 0 Å². The topological polar surface area (TPSA) is 199 Å².